The van der Waals surface area contributed by atoms with Crippen molar-refractivity contribution in [2.45, 2.75) is 41.6 Å². The molecular weight excluding hydrogens is 713 g/mol. The number of hydrogen-bond donors (Lipinski definition) is 3. The molecule has 0 atom stereocenters. The third-order valence-corrected chi connectivity index (χ3v) is 11.0. The highest BCUT2D eigenvalue weighted by Crippen LogP contribution is 2.32. The van der Waals surface area contributed by atoms with E-state index >= 15 is 0 Å². The molecule has 266 valence electrons. The topological polar surface area (TPSA) is 169 Å². The number of benzene rings is 4. The van der Waals surface area contributed by atoms with Crippen LogP contribution in [0.2, 0.25) is 0 Å². The van der Waals surface area contributed by atoms with Crippen LogP contribution >= 0.6 is 0 Å². The minimum absolute atomic E-state index is 0.176. The molecule has 0 aromatic heterocycles. The van der Waals surface area contributed by atoms with E-state index < -0.39 is 30.4 Å². The van der Waals surface area contributed by atoms with Crippen molar-refractivity contribution in [3.8, 4) is 0 Å². The lowest BCUT2D eigenvalue weighted by Gasteiger charge is -2.24. The minimum Gasteiger partial charge on any atom is -0.367 e. The van der Waals surface area contributed by atoms with Crippen molar-refractivity contribution in [1.82, 2.24) is 0 Å². The Balaban J connectivity index is 1.51. The Morgan fingerprint density at radius 1 is 0.608 bits per heavy atom. The number of anilines is 1. The quantitative estimate of drug-likeness (QED) is 0.114. The van der Waals surface area contributed by atoms with Crippen molar-refractivity contribution in [3.63, 3.8) is 0 Å². The lowest BCUT2D eigenvalue weighted by molar-refractivity contribution is -0.539. The zero-order valence-corrected chi connectivity index (χ0v) is 30.2. The Kier molecular flexibility index (Phi) is 11.2. The SMILES string of the molecule is CCN(Cc1cccc(S(=O)(=O)O)c1)c1ccc(C(=C2C=CC(=[N+](CC)Cc3cccc(S(=O)(=O)O)c3)C=C2)c2ccc(S(=O)(=O)O)cc2)cc1. The second-order valence-corrected chi connectivity index (χ2v) is 16.0. The maximum absolute atomic E-state index is 11.8. The Bertz CT molecular complexity index is 2380. The Morgan fingerprint density at radius 2 is 1.10 bits per heavy atom. The molecule has 0 heterocycles. The van der Waals surface area contributed by atoms with Crippen molar-refractivity contribution in [2.75, 3.05) is 18.0 Å². The summed E-state index contributed by atoms with van der Waals surface area (Å²) in [5, 5.41) is 0. The Hall–Kier alpha value is -4.70. The van der Waals surface area contributed by atoms with Crippen LogP contribution in [-0.4, -0.2) is 62.3 Å². The van der Waals surface area contributed by atoms with E-state index in [2.05, 4.69) is 0 Å². The molecule has 0 saturated carbocycles. The highest BCUT2D eigenvalue weighted by atomic mass is 32.2. The van der Waals surface area contributed by atoms with Crippen LogP contribution in [0.5, 0.6) is 0 Å². The summed E-state index contributed by atoms with van der Waals surface area (Å²) in [6.45, 7) is 5.95. The van der Waals surface area contributed by atoms with Crippen molar-refractivity contribution in [2.24, 2.45) is 0 Å². The average molecular weight is 750 g/mol. The van der Waals surface area contributed by atoms with Gasteiger partial charge in [0.25, 0.3) is 30.4 Å². The first-order chi connectivity index (χ1) is 24.1. The third-order valence-electron chi connectivity index (χ3n) is 8.39. The highest BCUT2D eigenvalue weighted by molar-refractivity contribution is 7.86. The van der Waals surface area contributed by atoms with Crippen molar-refractivity contribution < 1.29 is 43.5 Å². The van der Waals surface area contributed by atoms with Gasteiger partial charge in [0, 0.05) is 36.5 Å². The van der Waals surface area contributed by atoms with E-state index in [0.717, 1.165) is 28.1 Å². The standard InChI is InChI=1S/C37H36N2O9S3/c1-3-38(25-27-7-5-9-35(23-27)50(43,44)45)32-17-11-29(12-18-32)37(31-15-21-34(22-16-31)49(40,41)42)30-13-19-33(20-14-30)39(4-2)26-28-8-6-10-36(24-28)51(46,47)48/h5-24H,3-4,25-26H2,1-2H3,(H2-,40,41,42,43,44,45,46,47,48)/p+1. The molecule has 0 saturated heterocycles. The van der Waals surface area contributed by atoms with Gasteiger partial charge in [-0.15, -0.1) is 0 Å². The summed E-state index contributed by atoms with van der Waals surface area (Å²) >= 11 is 0. The fraction of sp³-hybridized carbons (Fsp3) is 0.162. The monoisotopic (exact) mass is 749 g/mol. The first-order valence-electron chi connectivity index (χ1n) is 15.9. The molecule has 0 radical (unpaired) electrons. The highest BCUT2D eigenvalue weighted by Gasteiger charge is 2.19. The molecule has 11 nitrogen and oxygen atoms in total. The van der Waals surface area contributed by atoms with Crippen LogP contribution in [0.15, 0.2) is 142 Å². The maximum atomic E-state index is 11.8. The number of nitrogens with zero attached hydrogens (tertiary/aromatic N) is 2. The first-order valence-corrected chi connectivity index (χ1v) is 20.2. The molecule has 0 spiro atoms. The fourth-order valence-corrected chi connectivity index (χ4v) is 7.37. The second-order valence-electron chi connectivity index (χ2n) is 11.7. The summed E-state index contributed by atoms with van der Waals surface area (Å²) in [5.41, 5.74) is 6.28. The van der Waals surface area contributed by atoms with Gasteiger partial charge in [0.1, 0.15) is 6.54 Å². The van der Waals surface area contributed by atoms with Crippen LogP contribution in [0.1, 0.15) is 36.1 Å². The van der Waals surface area contributed by atoms with Gasteiger partial charge >= 0.3 is 0 Å². The fourth-order valence-electron chi connectivity index (χ4n) is 5.79. The molecule has 5 rings (SSSR count). The largest absolute Gasteiger partial charge is 0.367 e. The Labute approximate surface area is 298 Å². The van der Waals surface area contributed by atoms with E-state index in [0.29, 0.717) is 42.9 Å². The zero-order valence-electron chi connectivity index (χ0n) is 27.8. The molecule has 0 aliphatic heterocycles. The van der Waals surface area contributed by atoms with Gasteiger partial charge in [-0.2, -0.15) is 25.3 Å². The third kappa shape index (κ3) is 9.35. The van der Waals surface area contributed by atoms with Crippen LogP contribution < -0.4 is 4.90 Å². The summed E-state index contributed by atoms with van der Waals surface area (Å²) in [6, 6.07) is 26.0. The molecule has 14 heteroatoms. The molecule has 4 aromatic carbocycles. The van der Waals surface area contributed by atoms with Crippen LogP contribution in [-0.2, 0) is 43.4 Å². The summed E-state index contributed by atoms with van der Waals surface area (Å²) < 4.78 is 101. The van der Waals surface area contributed by atoms with Crippen LogP contribution in [0, 0.1) is 0 Å². The number of allylic oxidation sites excluding steroid dienone is 5. The molecule has 0 bridgehead atoms. The second kappa shape index (κ2) is 15.3. The molecule has 0 amide bonds. The predicted molar refractivity (Wildman–Crippen MR) is 196 cm³/mol. The van der Waals surface area contributed by atoms with Crippen molar-refractivity contribution in [3.05, 3.63) is 149 Å². The lowest BCUT2D eigenvalue weighted by Crippen LogP contribution is -2.22. The minimum atomic E-state index is -4.40. The van der Waals surface area contributed by atoms with Gasteiger partial charge in [0.15, 0.2) is 12.3 Å². The molecule has 4 aromatic rings. The normalized spacial score (nSPS) is 13.4. The van der Waals surface area contributed by atoms with Gasteiger partial charge < -0.3 is 4.90 Å². The molecule has 1 aliphatic rings. The van der Waals surface area contributed by atoms with Crippen molar-refractivity contribution >= 4 is 47.3 Å². The first kappa shape index (κ1) is 37.6. The van der Waals surface area contributed by atoms with Crippen molar-refractivity contribution in [1.29, 1.82) is 0 Å². The van der Waals surface area contributed by atoms with Crippen LogP contribution in [0.3, 0.4) is 0 Å². The predicted octanol–water partition coefficient (Wildman–Crippen LogP) is 6.05. The summed E-state index contributed by atoms with van der Waals surface area (Å²) in [7, 11) is -13.1. The average Bonchev–Trinajstić information content (AvgIpc) is 3.10. The Morgan fingerprint density at radius 3 is 1.59 bits per heavy atom. The van der Waals surface area contributed by atoms with E-state index in [1.54, 1.807) is 36.4 Å². The van der Waals surface area contributed by atoms with E-state index in [1.165, 1.54) is 36.4 Å². The van der Waals surface area contributed by atoms with Gasteiger partial charge in [0.05, 0.1) is 14.7 Å². The van der Waals surface area contributed by atoms with E-state index in [9.17, 15) is 38.9 Å². The maximum Gasteiger partial charge on any atom is 0.294 e. The summed E-state index contributed by atoms with van der Waals surface area (Å²) in [6.07, 6.45) is 7.75. The van der Waals surface area contributed by atoms with E-state index in [1.807, 2.05) is 71.9 Å². The molecule has 3 N–H and O–H groups in total. The number of rotatable bonds is 12. The van der Waals surface area contributed by atoms with Crippen LogP contribution in [0.4, 0.5) is 5.69 Å². The van der Waals surface area contributed by atoms with Gasteiger partial charge in [-0.3, -0.25) is 13.7 Å². The summed E-state index contributed by atoms with van der Waals surface area (Å²) in [4.78, 5) is 1.47. The molecule has 51 heavy (non-hydrogen) atoms. The number of hydrogen-bond acceptors (Lipinski definition) is 7. The zero-order chi connectivity index (χ0) is 37.0. The van der Waals surface area contributed by atoms with Gasteiger partial charge in [0.2, 0.25) is 0 Å². The molecule has 0 unspecified atom stereocenters. The van der Waals surface area contributed by atoms with E-state index in [-0.39, 0.29) is 14.7 Å². The molecule has 0 fully saturated rings. The lowest BCUT2D eigenvalue weighted by atomic mass is 9.90. The molecule has 1 aliphatic carbocycles. The van der Waals surface area contributed by atoms with Gasteiger partial charge in [-0.05, 0) is 102 Å². The van der Waals surface area contributed by atoms with Gasteiger partial charge in [-0.25, -0.2) is 4.58 Å². The van der Waals surface area contributed by atoms with E-state index in [4.69, 9.17) is 0 Å². The van der Waals surface area contributed by atoms with Crippen LogP contribution in [0.25, 0.3) is 5.57 Å². The molecular formula is C37H37N2O9S3+. The summed E-state index contributed by atoms with van der Waals surface area (Å²) in [5.74, 6) is 0. The van der Waals surface area contributed by atoms with Gasteiger partial charge in [-0.1, -0.05) is 48.5 Å². The smallest absolute Gasteiger partial charge is 0.294 e.